The molecule has 8 heteroatoms. The van der Waals surface area contributed by atoms with E-state index in [0.717, 1.165) is 48.3 Å². The largest absolute Gasteiger partial charge is 0.338 e. The minimum absolute atomic E-state index is 0.209. The van der Waals surface area contributed by atoms with Gasteiger partial charge in [-0.15, -0.1) is 5.10 Å². The van der Waals surface area contributed by atoms with Crippen LogP contribution in [0.2, 0.25) is 0 Å². The highest BCUT2D eigenvalue weighted by molar-refractivity contribution is 9.10. The first-order valence-electron chi connectivity index (χ1n) is 8.59. The number of fused-ring (bicyclic) bond motifs is 1. The van der Waals surface area contributed by atoms with Crippen LogP contribution >= 0.6 is 15.9 Å². The number of rotatable bonds is 3. The molecule has 1 aromatic carbocycles. The van der Waals surface area contributed by atoms with Gasteiger partial charge in [0.25, 0.3) is 5.91 Å². The lowest BCUT2D eigenvalue weighted by molar-refractivity contribution is 0.102. The monoisotopic (exact) mass is 414 g/mol. The summed E-state index contributed by atoms with van der Waals surface area (Å²) in [6, 6.07) is 11.1. The molecule has 1 fully saturated rings. The molecule has 2 N–H and O–H groups in total. The van der Waals surface area contributed by atoms with Crippen LogP contribution in [0.3, 0.4) is 0 Å². The Kier molecular flexibility index (Phi) is 4.85. The fourth-order valence-electron chi connectivity index (χ4n) is 3.00. The molecule has 2 aromatic heterocycles. The predicted octanol–water partition coefficient (Wildman–Crippen LogP) is 2.54. The third kappa shape index (κ3) is 3.42. The van der Waals surface area contributed by atoms with E-state index < -0.39 is 0 Å². The number of aromatic nitrogens is 3. The number of halogens is 1. The number of benzene rings is 1. The van der Waals surface area contributed by atoms with Crippen molar-refractivity contribution in [1.29, 1.82) is 0 Å². The zero-order chi connectivity index (χ0) is 17.9. The van der Waals surface area contributed by atoms with Crippen molar-refractivity contribution in [2.24, 2.45) is 0 Å². The van der Waals surface area contributed by atoms with Crippen LogP contribution in [0.4, 0.5) is 11.6 Å². The van der Waals surface area contributed by atoms with Crippen LogP contribution in [0.1, 0.15) is 16.9 Å². The van der Waals surface area contributed by atoms with E-state index in [0.29, 0.717) is 11.6 Å². The highest BCUT2D eigenvalue weighted by Gasteiger charge is 2.17. The van der Waals surface area contributed by atoms with Crippen LogP contribution in [0.15, 0.2) is 47.1 Å². The third-order valence-electron chi connectivity index (χ3n) is 4.36. The number of hydrogen-bond acceptors (Lipinski definition) is 5. The average Bonchev–Trinajstić information content (AvgIpc) is 2.88. The number of nitrogens with one attached hydrogen (secondary N) is 2. The lowest BCUT2D eigenvalue weighted by atomic mass is 10.3. The number of anilines is 2. The predicted molar refractivity (Wildman–Crippen MR) is 105 cm³/mol. The number of carbonyl (C=O) groups excluding carboxylic acids is 1. The van der Waals surface area contributed by atoms with Gasteiger partial charge in [0.1, 0.15) is 5.69 Å². The van der Waals surface area contributed by atoms with E-state index in [4.69, 9.17) is 0 Å². The number of para-hydroxylation sites is 1. The van der Waals surface area contributed by atoms with E-state index in [1.54, 1.807) is 16.8 Å². The Hall–Kier alpha value is -2.45. The van der Waals surface area contributed by atoms with Crippen molar-refractivity contribution in [2.75, 3.05) is 36.4 Å². The van der Waals surface area contributed by atoms with Gasteiger partial charge in [0.2, 0.25) is 5.95 Å². The normalized spacial score (nSPS) is 15.0. The van der Waals surface area contributed by atoms with E-state index in [-0.39, 0.29) is 5.91 Å². The molecule has 0 unspecified atom stereocenters. The van der Waals surface area contributed by atoms with E-state index in [1.807, 2.05) is 30.3 Å². The molecular weight excluding hydrogens is 396 g/mol. The van der Waals surface area contributed by atoms with Crippen molar-refractivity contribution in [1.82, 2.24) is 19.9 Å². The standard InChI is InChI=1S/C18H19BrN6O/c19-14-4-1-2-5-15(14)22-17(26)16-7-6-13-12-21-18(23-25(13)16)24-10-3-8-20-9-11-24/h1-2,4-7,12,20H,3,8-11H2,(H,22,26). The van der Waals surface area contributed by atoms with Gasteiger partial charge in [-0.1, -0.05) is 12.1 Å². The summed E-state index contributed by atoms with van der Waals surface area (Å²) < 4.78 is 2.49. The second-order valence-corrected chi connectivity index (χ2v) is 6.99. The summed E-state index contributed by atoms with van der Waals surface area (Å²) in [6.45, 7) is 3.66. The summed E-state index contributed by atoms with van der Waals surface area (Å²) in [5.41, 5.74) is 1.99. The molecule has 26 heavy (non-hydrogen) atoms. The van der Waals surface area contributed by atoms with Crippen LogP contribution in [-0.4, -0.2) is 46.7 Å². The highest BCUT2D eigenvalue weighted by Crippen LogP contribution is 2.22. The first kappa shape index (κ1) is 17.0. The van der Waals surface area contributed by atoms with Crippen molar-refractivity contribution < 1.29 is 4.79 Å². The molecule has 0 atom stereocenters. The molecular formula is C18H19BrN6O. The first-order valence-corrected chi connectivity index (χ1v) is 9.38. The SMILES string of the molecule is O=C(Nc1ccccc1Br)c1ccc2cnc(N3CCCNCC3)nn12. The van der Waals surface area contributed by atoms with E-state index in [2.05, 4.69) is 41.5 Å². The van der Waals surface area contributed by atoms with Crippen molar-refractivity contribution in [2.45, 2.75) is 6.42 Å². The smallest absolute Gasteiger partial charge is 0.274 e. The Labute approximate surface area is 159 Å². The number of carbonyl (C=O) groups is 1. The lowest BCUT2D eigenvalue weighted by Crippen LogP contribution is -2.30. The van der Waals surface area contributed by atoms with Gasteiger partial charge in [-0.25, -0.2) is 9.50 Å². The fourth-order valence-corrected chi connectivity index (χ4v) is 3.39. The van der Waals surface area contributed by atoms with Gasteiger partial charge in [-0.3, -0.25) is 4.79 Å². The summed E-state index contributed by atoms with van der Waals surface area (Å²) in [5.74, 6) is 0.437. The Balaban J connectivity index is 1.64. The highest BCUT2D eigenvalue weighted by atomic mass is 79.9. The number of nitrogens with zero attached hydrogens (tertiary/aromatic N) is 4. The number of amides is 1. The maximum atomic E-state index is 12.7. The van der Waals surface area contributed by atoms with Gasteiger partial charge in [-0.05, 0) is 53.2 Å². The van der Waals surface area contributed by atoms with Gasteiger partial charge in [-0.2, -0.15) is 0 Å². The molecule has 3 aromatic rings. The topological polar surface area (TPSA) is 74.6 Å². The minimum Gasteiger partial charge on any atom is -0.338 e. The molecule has 1 aliphatic rings. The van der Waals surface area contributed by atoms with Crippen LogP contribution in [0.25, 0.3) is 5.52 Å². The van der Waals surface area contributed by atoms with E-state index in [1.165, 1.54) is 0 Å². The zero-order valence-corrected chi connectivity index (χ0v) is 15.7. The molecule has 0 saturated carbocycles. The minimum atomic E-state index is -0.209. The number of hydrogen-bond donors (Lipinski definition) is 2. The quantitative estimate of drug-likeness (QED) is 0.688. The van der Waals surface area contributed by atoms with Gasteiger partial charge in [0.15, 0.2) is 0 Å². The summed E-state index contributed by atoms with van der Waals surface area (Å²) >= 11 is 3.45. The summed E-state index contributed by atoms with van der Waals surface area (Å²) in [5, 5.41) is 10.9. The molecule has 0 spiro atoms. The van der Waals surface area contributed by atoms with Gasteiger partial charge in [0, 0.05) is 24.1 Å². The average molecular weight is 415 g/mol. The molecule has 0 aliphatic carbocycles. The molecule has 7 nitrogen and oxygen atoms in total. The van der Waals surface area contributed by atoms with Crippen LogP contribution in [0.5, 0.6) is 0 Å². The maximum Gasteiger partial charge on any atom is 0.274 e. The third-order valence-corrected chi connectivity index (χ3v) is 5.06. The molecule has 0 radical (unpaired) electrons. The Morgan fingerprint density at radius 1 is 1.15 bits per heavy atom. The summed E-state index contributed by atoms with van der Waals surface area (Å²) in [7, 11) is 0. The van der Waals surface area contributed by atoms with E-state index in [9.17, 15) is 4.79 Å². The molecule has 3 heterocycles. The molecule has 1 aliphatic heterocycles. The molecule has 4 rings (SSSR count). The second kappa shape index (κ2) is 7.43. The summed E-state index contributed by atoms with van der Waals surface area (Å²) in [4.78, 5) is 19.4. The van der Waals surface area contributed by atoms with Crippen LogP contribution in [-0.2, 0) is 0 Å². The Bertz CT molecular complexity index is 932. The van der Waals surface area contributed by atoms with Crippen molar-refractivity contribution in [3.05, 3.63) is 52.8 Å². The fraction of sp³-hybridized carbons (Fsp3) is 0.278. The molecule has 134 valence electrons. The van der Waals surface area contributed by atoms with E-state index >= 15 is 0 Å². The molecule has 0 bridgehead atoms. The van der Waals surface area contributed by atoms with Crippen LogP contribution < -0.4 is 15.5 Å². The molecule has 1 saturated heterocycles. The van der Waals surface area contributed by atoms with Gasteiger partial charge < -0.3 is 15.5 Å². The second-order valence-electron chi connectivity index (χ2n) is 6.14. The van der Waals surface area contributed by atoms with Gasteiger partial charge >= 0.3 is 0 Å². The summed E-state index contributed by atoms with van der Waals surface area (Å²) in [6.07, 6.45) is 2.80. The van der Waals surface area contributed by atoms with Gasteiger partial charge in [0.05, 0.1) is 17.4 Å². The Morgan fingerprint density at radius 3 is 2.92 bits per heavy atom. The first-order chi connectivity index (χ1) is 12.7. The Morgan fingerprint density at radius 2 is 2.04 bits per heavy atom. The van der Waals surface area contributed by atoms with Crippen molar-refractivity contribution in [3.63, 3.8) is 0 Å². The van der Waals surface area contributed by atoms with Crippen molar-refractivity contribution in [3.8, 4) is 0 Å². The molecule has 1 amide bonds. The zero-order valence-electron chi connectivity index (χ0n) is 14.2. The maximum absolute atomic E-state index is 12.7. The van der Waals surface area contributed by atoms with Crippen LogP contribution in [0, 0.1) is 0 Å². The van der Waals surface area contributed by atoms with Crippen molar-refractivity contribution >= 4 is 39.0 Å². The lowest BCUT2D eigenvalue weighted by Gasteiger charge is -2.19.